The number of amides is 1. The van der Waals surface area contributed by atoms with Crippen LogP contribution in [0, 0.1) is 0 Å². The minimum Gasteiger partial charge on any atom is -0.481 e. The zero-order valence-electron chi connectivity index (χ0n) is 25.2. The van der Waals surface area contributed by atoms with Gasteiger partial charge in [-0.15, -0.1) is 0 Å². The van der Waals surface area contributed by atoms with Gasteiger partial charge in [-0.05, 0) is 74.8 Å². The highest BCUT2D eigenvalue weighted by atomic mass is 16.7. The van der Waals surface area contributed by atoms with Crippen LogP contribution in [0.4, 0.5) is 0 Å². The molecule has 0 spiro atoms. The summed E-state index contributed by atoms with van der Waals surface area (Å²) in [6.07, 6.45) is 6.78. The summed E-state index contributed by atoms with van der Waals surface area (Å²) in [6, 6.07) is 16.6. The highest BCUT2D eigenvalue weighted by molar-refractivity contribution is 5.75. The average Bonchev–Trinajstić information content (AvgIpc) is 3.71. The van der Waals surface area contributed by atoms with Gasteiger partial charge in [-0.1, -0.05) is 48.5 Å². The van der Waals surface area contributed by atoms with E-state index in [1.165, 1.54) is 38.8 Å². The Hall–Kier alpha value is -2.82. The third kappa shape index (κ3) is 9.33. The van der Waals surface area contributed by atoms with Gasteiger partial charge in [-0.2, -0.15) is 0 Å². The van der Waals surface area contributed by atoms with Crippen molar-refractivity contribution in [2.24, 2.45) is 0 Å². The van der Waals surface area contributed by atoms with Crippen molar-refractivity contribution in [1.82, 2.24) is 15.1 Å². The summed E-state index contributed by atoms with van der Waals surface area (Å²) in [4.78, 5) is 28.1. The molecule has 9 nitrogen and oxygen atoms in total. The third-order valence-electron chi connectivity index (χ3n) is 9.01. The number of nitrogens with one attached hydrogen (secondary N) is 1. The number of carboxylic acids is 1. The van der Waals surface area contributed by atoms with Crippen molar-refractivity contribution in [3.05, 3.63) is 70.8 Å². The number of ether oxygens (including phenoxy) is 2. The number of benzene rings is 2. The molecule has 3 heterocycles. The van der Waals surface area contributed by atoms with Crippen LogP contribution in [-0.2, 0) is 32.2 Å². The van der Waals surface area contributed by atoms with E-state index in [1.54, 1.807) is 0 Å². The maximum Gasteiger partial charge on any atom is 0.303 e. The Kier molecular flexibility index (Phi) is 11.6. The Morgan fingerprint density at radius 1 is 0.837 bits per heavy atom. The number of hydrogen-bond donors (Lipinski definition) is 3. The highest BCUT2D eigenvalue weighted by Crippen LogP contribution is 2.39. The topological polar surface area (TPSA) is 112 Å². The molecule has 5 rings (SSSR count). The molecule has 234 valence electrons. The molecule has 3 aliphatic rings. The SMILES string of the molecule is O=C(O)CCCCC(=O)NCc1ccc([C@H]2O[C@@H](CN3CCC[C@H]3CN3CCCC3)C[C@@H](c3ccc(CO)cc3)O2)cc1. The predicted octanol–water partition coefficient (Wildman–Crippen LogP) is 4.55. The second-order valence-corrected chi connectivity index (χ2v) is 12.3. The number of aliphatic carboxylic acids is 1. The number of carbonyl (C=O) groups excluding carboxylic acids is 1. The Balaban J connectivity index is 1.21. The molecule has 0 aliphatic carbocycles. The van der Waals surface area contributed by atoms with E-state index in [2.05, 4.69) is 27.2 Å². The molecular formula is C34H47N3O6. The molecule has 0 aromatic heterocycles. The average molecular weight is 594 g/mol. The number of aliphatic hydroxyl groups excluding tert-OH is 1. The van der Waals surface area contributed by atoms with E-state index in [-0.39, 0.29) is 31.1 Å². The maximum absolute atomic E-state index is 12.2. The van der Waals surface area contributed by atoms with Gasteiger partial charge in [-0.25, -0.2) is 0 Å². The minimum atomic E-state index is -0.832. The minimum absolute atomic E-state index is 0.0189. The fourth-order valence-corrected chi connectivity index (χ4v) is 6.54. The summed E-state index contributed by atoms with van der Waals surface area (Å²) in [7, 11) is 0. The number of unbranched alkanes of at least 4 members (excludes halogenated alkanes) is 1. The van der Waals surface area contributed by atoms with Crippen molar-refractivity contribution < 1.29 is 29.3 Å². The number of hydrogen-bond acceptors (Lipinski definition) is 7. The summed E-state index contributed by atoms with van der Waals surface area (Å²) in [5.41, 5.74) is 3.90. The molecule has 9 heteroatoms. The molecule has 3 fully saturated rings. The van der Waals surface area contributed by atoms with E-state index in [0.717, 1.165) is 48.3 Å². The van der Waals surface area contributed by atoms with Crippen molar-refractivity contribution in [1.29, 1.82) is 0 Å². The molecule has 2 aromatic rings. The number of likely N-dealkylation sites (tertiary alicyclic amines) is 2. The maximum atomic E-state index is 12.2. The standard InChI is InChI=1S/C34H47N3O6/c38-24-26-11-13-27(14-12-26)31-20-30(23-37-19-5-6-29(37)22-36-17-3-4-18-36)42-34(43-31)28-15-9-25(10-16-28)21-35-32(39)7-1-2-8-33(40)41/h9-16,29-31,34,38H,1-8,17-24H2,(H,35,39)(H,40,41)/t29-,30+,31-,34-/m0/s1. The Morgan fingerprint density at radius 3 is 2.26 bits per heavy atom. The summed E-state index contributed by atoms with van der Waals surface area (Å²) in [6.45, 7) is 6.03. The highest BCUT2D eigenvalue weighted by Gasteiger charge is 2.36. The number of rotatable bonds is 14. The first kappa shape index (κ1) is 31.6. The zero-order valence-corrected chi connectivity index (χ0v) is 25.2. The van der Waals surface area contributed by atoms with Crippen LogP contribution in [0.15, 0.2) is 48.5 Å². The third-order valence-corrected chi connectivity index (χ3v) is 9.01. The van der Waals surface area contributed by atoms with E-state index in [0.29, 0.717) is 31.8 Å². The quantitative estimate of drug-likeness (QED) is 0.274. The molecule has 3 N–H and O–H groups in total. The van der Waals surface area contributed by atoms with Crippen LogP contribution in [0.3, 0.4) is 0 Å². The summed E-state index contributed by atoms with van der Waals surface area (Å²) < 4.78 is 13.2. The second kappa shape index (κ2) is 15.8. The lowest BCUT2D eigenvalue weighted by molar-refractivity contribution is -0.253. The van der Waals surface area contributed by atoms with E-state index >= 15 is 0 Å². The first-order valence-corrected chi connectivity index (χ1v) is 16.0. The van der Waals surface area contributed by atoms with Crippen molar-refractivity contribution in [2.45, 2.75) is 95.5 Å². The lowest BCUT2D eigenvalue weighted by atomic mass is 9.99. The van der Waals surface area contributed by atoms with E-state index < -0.39 is 12.3 Å². The van der Waals surface area contributed by atoms with Gasteiger partial charge < -0.3 is 29.9 Å². The van der Waals surface area contributed by atoms with Gasteiger partial charge in [0.25, 0.3) is 0 Å². The van der Waals surface area contributed by atoms with Crippen molar-refractivity contribution >= 4 is 11.9 Å². The first-order valence-electron chi connectivity index (χ1n) is 16.0. The smallest absolute Gasteiger partial charge is 0.303 e. The number of carboxylic acid groups (broad SMARTS) is 1. The van der Waals surface area contributed by atoms with Gasteiger partial charge in [0.15, 0.2) is 6.29 Å². The van der Waals surface area contributed by atoms with Crippen molar-refractivity contribution in [3.8, 4) is 0 Å². The van der Waals surface area contributed by atoms with Crippen molar-refractivity contribution in [2.75, 3.05) is 32.7 Å². The largest absolute Gasteiger partial charge is 0.481 e. The van der Waals surface area contributed by atoms with Crippen LogP contribution in [0.1, 0.15) is 92.4 Å². The molecule has 3 aliphatic heterocycles. The predicted molar refractivity (Wildman–Crippen MR) is 163 cm³/mol. The first-order chi connectivity index (χ1) is 21.0. The summed E-state index contributed by atoms with van der Waals surface area (Å²) in [5.74, 6) is -0.905. The molecule has 0 bridgehead atoms. The van der Waals surface area contributed by atoms with Gasteiger partial charge in [0.2, 0.25) is 5.91 Å². The molecule has 43 heavy (non-hydrogen) atoms. The second-order valence-electron chi connectivity index (χ2n) is 12.3. The lowest BCUT2D eigenvalue weighted by Crippen LogP contribution is -2.45. The normalized spacial score (nSPS) is 24.8. The Labute approximate surface area is 255 Å². The molecule has 0 unspecified atom stereocenters. The lowest BCUT2D eigenvalue weighted by Gasteiger charge is -2.39. The molecule has 2 aromatic carbocycles. The molecule has 3 saturated heterocycles. The van der Waals surface area contributed by atoms with Crippen molar-refractivity contribution in [3.63, 3.8) is 0 Å². The van der Waals surface area contributed by atoms with Crippen LogP contribution >= 0.6 is 0 Å². The molecule has 4 atom stereocenters. The van der Waals surface area contributed by atoms with Gasteiger partial charge >= 0.3 is 5.97 Å². The van der Waals surface area contributed by atoms with E-state index in [9.17, 15) is 14.7 Å². The fraction of sp³-hybridized carbons (Fsp3) is 0.588. The monoisotopic (exact) mass is 593 g/mol. The van der Waals surface area contributed by atoms with Gasteiger partial charge in [-0.3, -0.25) is 14.5 Å². The fourth-order valence-electron chi connectivity index (χ4n) is 6.54. The van der Waals surface area contributed by atoms with Crippen LogP contribution in [0.25, 0.3) is 0 Å². The van der Waals surface area contributed by atoms with Gasteiger partial charge in [0.05, 0.1) is 18.8 Å². The molecule has 1 amide bonds. The Bertz CT molecular complexity index is 1170. The zero-order chi connectivity index (χ0) is 30.0. The molecular weight excluding hydrogens is 546 g/mol. The number of carbonyl (C=O) groups is 2. The summed E-state index contributed by atoms with van der Waals surface area (Å²) >= 11 is 0. The molecule has 0 radical (unpaired) electrons. The number of aliphatic hydroxyl groups is 1. The number of nitrogens with zero attached hydrogens (tertiary/aromatic N) is 2. The molecule has 0 saturated carbocycles. The van der Waals surface area contributed by atoms with Crippen LogP contribution < -0.4 is 5.32 Å². The van der Waals surface area contributed by atoms with Gasteiger partial charge in [0.1, 0.15) is 0 Å². The van der Waals surface area contributed by atoms with Crippen LogP contribution in [-0.4, -0.2) is 76.8 Å². The Morgan fingerprint density at radius 2 is 1.53 bits per heavy atom. The van der Waals surface area contributed by atoms with Gasteiger partial charge in [0, 0.05) is 50.5 Å². The van der Waals surface area contributed by atoms with E-state index in [4.69, 9.17) is 14.6 Å². The van der Waals surface area contributed by atoms with E-state index in [1.807, 2.05) is 36.4 Å². The van der Waals surface area contributed by atoms with Crippen LogP contribution in [0.2, 0.25) is 0 Å². The summed E-state index contributed by atoms with van der Waals surface area (Å²) in [5, 5.41) is 21.2. The van der Waals surface area contributed by atoms with Crippen LogP contribution in [0.5, 0.6) is 0 Å².